The first kappa shape index (κ1) is 10.4. The minimum Gasteiger partial charge on any atom is -0.297 e. The van der Waals surface area contributed by atoms with Crippen LogP contribution in [0.25, 0.3) is 0 Å². The second-order valence-corrected chi connectivity index (χ2v) is 4.42. The fraction of sp³-hybridized carbons (Fsp3) is 0.417. The number of pyridine rings is 1. The summed E-state index contributed by atoms with van der Waals surface area (Å²) in [5.74, 6) is 0. The maximum Gasteiger partial charge on any atom is 0.0693 e. The first-order valence-corrected chi connectivity index (χ1v) is 5.89. The zero-order valence-electron chi connectivity index (χ0n) is 9.61. The minimum atomic E-state index is 0.472. The van der Waals surface area contributed by atoms with Crippen LogP contribution in [-0.2, 0) is 6.54 Å². The van der Waals surface area contributed by atoms with E-state index in [1.165, 1.54) is 5.56 Å². The van der Waals surface area contributed by atoms with Crippen LogP contribution in [0.2, 0.25) is 0 Å². The number of rotatable bonds is 3. The van der Waals surface area contributed by atoms with E-state index in [-0.39, 0.29) is 0 Å². The molecule has 0 aromatic carbocycles. The molecule has 0 radical (unpaired) electrons. The molecule has 2 aromatic heterocycles. The van der Waals surface area contributed by atoms with Gasteiger partial charge in [-0.25, -0.2) is 4.68 Å². The topological polar surface area (TPSA) is 46.8 Å². The summed E-state index contributed by atoms with van der Waals surface area (Å²) in [6, 6.07) is 4.62. The zero-order chi connectivity index (χ0) is 11.5. The van der Waals surface area contributed by atoms with E-state index in [0.717, 1.165) is 26.1 Å². The molecular formula is C12H15N5. The highest BCUT2D eigenvalue weighted by Gasteiger charge is 2.24. The number of aromatic nitrogens is 4. The molecule has 17 heavy (non-hydrogen) atoms. The van der Waals surface area contributed by atoms with Crippen molar-refractivity contribution in [3.63, 3.8) is 0 Å². The van der Waals surface area contributed by atoms with Crippen LogP contribution >= 0.6 is 0 Å². The van der Waals surface area contributed by atoms with Crippen LogP contribution in [0.5, 0.6) is 0 Å². The third-order valence-corrected chi connectivity index (χ3v) is 3.22. The molecule has 0 amide bonds. The number of likely N-dealkylation sites (tertiary alicyclic amines) is 1. The van der Waals surface area contributed by atoms with E-state index in [4.69, 9.17) is 0 Å². The molecule has 0 saturated carbocycles. The largest absolute Gasteiger partial charge is 0.297 e. The van der Waals surface area contributed by atoms with Gasteiger partial charge in [0.25, 0.3) is 0 Å². The van der Waals surface area contributed by atoms with Gasteiger partial charge in [0.2, 0.25) is 0 Å². The molecule has 0 aliphatic carbocycles. The monoisotopic (exact) mass is 229 g/mol. The average Bonchev–Trinajstić information content (AvgIpc) is 3.00. The van der Waals surface area contributed by atoms with Crippen LogP contribution in [-0.4, -0.2) is 38.0 Å². The third-order valence-electron chi connectivity index (χ3n) is 3.22. The van der Waals surface area contributed by atoms with Gasteiger partial charge < -0.3 is 0 Å². The van der Waals surface area contributed by atoms with Crippen molar-refractivity contribution in [3.05, 3.63) is 42.5 Å². The van der Waals surface area contributed by atoms with Gasteiger partial charge in [0.05, 0.1) is 12.2 Å². The van der Waals surface area contributed by atoms with E-state index in [0.29, 0.717) is 6.04 Å². The van der Waals surface area contributed by atoms with E-state index in [9.17, 15) is 0 Å². The molecule has 2 aromatic rings. The van der Waals surface area contributed by atoms with E-state index in [2.05, 4.69) is 32.3 Å². The Morgan fingerprint density at radius 1 is 1.24 bits per heavy atom. The summed E-state index contributed by atoms with van der Waals surface area (Å²) in [6.07, 6.45) is 8.53. The van der Waals surface area contributed by atoms with Crippen molar-refractivity contribution in [2.75, 3.05) is 13.1 Å². The smallest absolute Gasteiger partial charge is 0.0693 e. The second kappa shape index (κ2) is 4.63. The van der Waals surface area contributed by atoms with Crippen molar-refractivity contribution in [2.24, 2.45) is 0 Å². The Bertz CT molecular complexity index is 453. The van der Waals surface area contributed by atoms with Crippen LogP contribution < -0.4 is 0 Å². The lowest BCUT2D eigenvalue weighted by molar-refractivity contribution is 0.310. The predicted molar refractivity (Wildman–Crippen MR) is 63.2 cm³/mol. The lowest BCUT2D eigenvalue weighted by atomic mass is 10.2. The van der Waals surface area contributed by atoms with Crippen molar-refractivity contribution in [3.8, 4) is 0 Å². The van der Waals surface area contributed by atoms with Crippen molar-refractivity contribution >= 4 is 0 Å². The molecule has 1 atom stereocenters. The third kappa shape index (κ3) is 2.34. The number of hydrogen-bond donors (Lipinski definition) is 0. The van der Waals surface area contributed by atoms with Gasteiger partial charge in [0.1, 0.15) is 0 Å². The van der Waals surface area contributed by atoms with Gasteiger partial charge in [0, 0.05) is 38.2 Å². The molecule has 0 bridgehead atoms. The van der Waals surface area contributed by atoms with E-state index >= 15 is 0 Å². The van der Waals surface area contributed by atoms with Gasteiger partial charge in [-0.1, -0.05) is 5.21 Å². The van der Waals surface area contributed by atoms with Gasteiger partial charge >= 0.3 is 0 Å². The fourth-order valence-corrected chi connectivity index (χ4v) is 2.33. The molecule has 5 heteroatoms. The second-order valence-electron chi connectivity index (χ2n) is 4.42. The standard InChI is InChI=1S/C12H15N5/c1-4-13-5-2-11(1)9-16-7-3-12(10-16)17-8-6-14-15-17/h1-2,4-6,8,12H,3,7,9-10H2. The van der Waals surface area contributed by atoms with Crippen LogP contribution in [0.1, 0.15) is 18.0 Å². The average molecular weight is 229 g/mol. The Morgan fingerprint density at radius 3 is 2.88 bits per heavy atom. The van der Waals surface area contributed by atoms with Crippen LogP contribution in [0.4, 0.5) is 0 Å². The van der Waals surface area contributed by atoms with Gasteiger partial charge in [0.15, 0.2) is 0 Å². The van der Waals surface area contributed by atoms with Crippen molar-refractivity contribution in [1.82, 2.24) is 24.9 Å². The predicted octanol–water partition coefficient (Wildman–Crippen LogP) is 1.12. The van der Waals surface area contributed by atoms with Gasteiger partial charge in [-0.2, -0.15) is 0 Å². The normalized spacial score (nSPS) is 20.8. The van der Waals surface area contributed by atoms with Gasteiger partial charge in [-0.15, -0.1) is 5.10 Å². The van der Waals surface area contributed by atoms with Gasteiger partial charge in [-0.3, -0.25) is 9.88 Å². The summed E-state index contributed by atoms with van der Waals surface area (Å²) >= 11 is 0. The quantitative estimate of drug-likeness (QED) is 0.791. The highest BCUT2D eigenvalue weighted by atomic mass is 15.4. The molecular weight excluding hydrogens is 214 g/mol. The Labute approximate surface area is 100 Å². The molecule has 1 saturated heterocycles. The van der Waals surface area contributed by atoms with Crippen LogP contribution in [0.3, 0.4) is 0 Å². The van der Waals surface area contributed by atoms with E-state index in [1.807, 2.05) is 23.3 Å². The maximum absolute atomic E-state index is 4.07. The van der Waals surface area contributed by atoms with Crippen LogP contribution in [0.15, 0.2) is 36.9 Å². The molecule has 0 spiro atoms. The zero-order valence-corrected chi connectivity index (χ0v) is 9.61. The summed E-state index contributed by atoms with van der Waals surface area (Å²) in [5.41, 5.74) is 1.32. The lowest BCUT2D eigenvalue weighted by Gasteiger charge is -2.15. The lowest BCUT2D eigenvalue weighted by Crippen LogP contribution is -2.21. The highest BCUT2D eigenvalue weighted by Crippen LogP contribution is 2.21. The number of nitrogens with zero attached hydrogens (tertiary/aromatic N) is 5. The SMILES string of the molecule is c1cc(CN2CCC(n3ccnn3)C2)ccn1. The Kier molecular flexibility index (Phi) is 2.83. The summed E-state index contributed by atoms with van der Waals surface area (Å²) in [6.45, 7) is 3.16. The summed E-state index contributed by atoms with van der Waals surface area (Å²) in [5, 5.41) is 7.93. The van der Waals surface area contributed by atoms with Gasteiger partial charge in [-0.05, 0) is 24.1 Å². The molecule has 88 valence electrons. The molecule has 1 unspecified atom stereocenters. The van der Waals surface area contributed by atoms with E-state index in [1.54, 1.807) is 6.20 Å². The Morgan fingerprint density at radius 2 is 2.12 bits per heavy atom. The summed E-state index contributed by atoms with van der Waals surface area (Å²) < 4.78 is 1.96. The summed E-state index contributed by atoms with van der Waals surface area (Å²) in [7, 11) is 0. The minimum absolute atomic E-state index is 0.472. The molecule has 5 nitrogen and oxygen atoms in total. The first-order valence-electron chi connectivity index (χ1n) is 5.89. The first-order chi connectivity index (χ1) is 8.42. The summed E-state index contributed by atoms with van der Waals surface area (Å²) in [4.78, 5) is 6.48. The van der Waals surface area contributed by atoms with Crippen molar-refractivity contribution < 1.29 is 0 Å². The Hall–Kier alpha value is -1.75. The van der Waals surface area contributed by atoms with Crippen molar-refractivity contribution in [2.45, 2.75) is 19.0 Å². The molecule has 0 N–H and O–H groups in total. The molecule has 1 fully saturated rings. The highest BCUT2D eigenvalue weighted by molar-refractivity contribution is 5.09. The van der Waals surface area contributed by atoms with Crippen LogP contribution in [0, 0.1) is 0 Å². The van der Waals surface area contributed by atoms with Crippen molar-refractivity contribution in [1.29, 1.82) is 0 Å². The van der Waals surface area contributed by atoms with E-state index < -0.39 is 0 Å². The molecule has 1 aliphatic heterocycles. The number of hydrogen-bond acceptors (Lipinski definition) is 4. The molecule has 3 rings (SSSR count). The Balaban J connectivity index is 1.61. The maximum atomic E-state index is 4.07. The molecule has 3 heterocycles. The molecule has 1 aliphatic rings. The fourth-order valence-electron chi connectivity index (χ4n) is 2.33.